The van der Waals surface area contributed by atoms with E-state index in [1.165, 1.54) is 16.7 Å². The van der Waals surface area contributed by atoms with Gasteiger partial charge >= 0.3 is 0 Å². The molecule has 1 amide bonds. The Hall–Kier alpha value is -2.29. The first-order valence-electron chi connectivity index (χ1n) is 10.0. The summed E-state index contributed by atoms with van der Waals surface area (Å²) >= 11 is 0. The van der Waals surface area contributed by atoms with E-state index in [2.05, 4.69) is 63.3 Å². The van der Waals surface area contributed by atoms with Gasteiger partial charge in [0.25, 0.3) is 5.91 Å². The lowest BCUT2D eigenvalue weighted by Crippen LogP contribution is -2.36. The van der Waals surface area contributed by atoms with E-state index in [1.54, 1.807) is 0 Å². The number of aryl methyl sites for hydroxylation is 3. The highest BCUT2D eigenvalue weighted by atomic mass is 16.5. The lowest BCUT2D eigenvalue weighted by Gasteiger charge is -2.20. The molecule has 0 saturated heterocycles. The molecular weight excluding hydrogens is 334 g/mol. The molecule has 2 aromatic rings. The van der Waals surface area contributed by atoms with Crippen LogP contribution in [0, 0.1) is 6.92 Å². The van der Waals surface area contributed by atoms with Crippen LogP contribution in [0.3, 0.4) is 0 Å². The Bertz CT molecular complexity index is 780. The van der Waals surface area contributed by atoms with Crippen LogP contribution in [0.1, 0.15) is 68.4 Å². The summed E-state index contributed by atoms with van der Waals surface area (Å²) in [6, 6.07) is 12.7. The number of benzene rings is 2. The van der Waals surface area contributed by atoms with E-state index in [4.69, 9.17) is 4.74 Å². The van der Waals surface area contributed by atoms with Crippen LogP contribution in [0.2, 0.25) is 0 Å². The maximum absolute atomic E-state index is 12.6. The van der Waals surface area contributed by atoms with E-state index in [9.17, 15) is 4.79 Å². The highest BCUT2D eigenvalue weighted by Crippen LogP contribution is 2.28. The zero-order valence-corrected chi connectivity index (χ0v) is 17.6. The Kier molecular flexibility index (Phi) is 7.46. The quantitative estimate of drug-likeness (QED) is 0.685. The number of carbonyl (C=O) groups excluding carboxylic acids is 1. The number of hydrogen-bond donors (Lipinski definition) is 1. The summed E-state index contributed by atoms with van der Waals surface area (Å²) < 4.78 is 6.03. The second kappa shape index (κ2) is 9.59. The molecule has 2 aromatic carbocycles. The third kappa shape index (κ3) is 5.59. The Morgan fingerprint density at radius 1 is 1.00 bits per heavy atom. The van der Waals surface area contributed by atoms with Crippen molar-refractivity contribution in [3.05, 3.63) is 64.2 Å². The highest BCUT2D eigenvalue weighted by molar-refractivity contribution is 5.80. The van der Waals surface area contributed by atoms with Crippen molar-refractivity contribution < 1.29 is 9.53 Å². The minimum atomic E-state index is -0.538. The van der Waals surface area contributed by atoms with Crippen molar-refractivity contribution in [3.8, 4) is 5.75 Å². The van der Waals surface area contributed by atoms with Gasteiger partial charge in [0.1, 0.15) is 5.75 Å². The van der Waals surface area contributed by atoms with Gasteiger partial charge in [-0.3, -0.25) is 4.79 Å². The van der Waals surface area contributed by atoms with Crippen LogP contribution in [0.15, 0.2) is 36.4 Å². The average molecular weight is 368 g/mol. The predicted molar refractivity (Wildman–Crippen MR) is 112 cm³/mol. The van der Waals surface area contributed by atoms with Gasteiger partial charge in [-0.05, 0) is 66.5 Å². The molecule has 0 aliphatic carbocycles. The average Bonchev–Trinajstić information content (AvgIpc) is 2.65. The van der Waals surface area contributed by atoms with Crippen LogP contribution in [0.5, 0.6) is 5.75 Å². The Balaban J connectivity index is 2.06. The Morgan fingerprint density at radius 3 is 2.37 bits per heavy atom. The predicted octanol–water partition coefficient (Wildman–Crippen LogP) is 5.33. The first kappa shape index (κ1) is 21.0. The lowest BCUT2D eigenvalue weighted by molar-refractivity contribution is -0.127. The van der Waals surface area contributed by atoms with Gasteiger partial charge in [-0.25, -0.2) is 0 Å². The maximum atomic E-state index is 12.6. The van der Waals surface area contributed by atoms with Crippen LogP contribution in [-0.2, 0) is 24.2 Å². The second-order valence-corrected chi connectivity index (χ2v) is 7.48. The summed E-state index contributed by atoms with van der Waals surface area (Å²) in [6.07, 6.45) is 1.42. The molecule has 3 heteroatoms. The van der Waals surface area contributed by atoms with Crippen LogP contribution in [0.25, 0.3) is 0 Å². The standard InChI is InChI=1S/C24H33NO2/c1-7-19-10-11-20(8-2)21(14-19)15-25-24(26)18(6)27-23-13-17(5)9-12-22(23)16(3)4/h9-14,16,18H,7-8,15H2,1-6H3,(H,25,26)/t18-/m1/s1. The molecule has 146 valence electrons. The summed E-state index contributed by atoms with van der Waals surface area (Å²) in [5.74, 6) is 1.06. The van der Waals surface area contributed by atoms with E-state index in [1.807, 2.05) is 19.9 Å². The monoisotopic (exact) mass is 367 g/mol. The molecule has 2 rings (SSSR count). The Morgan fingerprint density at radius 2 is 1.74 bits per heavy atom. The largest absolute Gasteiger partial charge is 0.481 e. The molecule has 0 radical (unpaired) electrons. The number of amides is 1. The van der Waals surface area contributed by atoms with Crippen molar-refractivity contribution in [2.75, 3.05) is 0 Å². The van der Waals surface area contributed by atoms with Gasteiger partial charge in [0.2, 0.25) is 0 Å². The van der Waals surface area contributed by atoms with Gasteiger partial charge in [-0.2, -0.15) is 0 Å². The summed E-state index contributed by atoms with van der Waals surface area (Å²) in [7, 11) is 0. The van der Waals surface area contributed by atoms with Crippen molar-refractivity contribution in [3.63, 3.8) is 0 Å². The van der Waals surface area contributed by atoms with Crippen LogP contribution in [-0.4, -0.2) is 12.0 Å². The van der Waals surface area contributed by atoms with E-state index in [0.717, 1.165) is 29.7 Å². The fourth-order valence-corrected chi connectivity index (χ4v) is 3.20. The zero-order chi connectivity index (χ0) is 20.0. The number of ether oxygens (including phenoxy) is 1. The molecule has 0 aromatic heterocycles. The molecular formula is C24H33NO2. The van der Waals surface area contributed by atoms with Crippen molar-refractivity contribution >= 4 is 5.91 Å². The number of rotatable bonds is 8. The van der Waals surface area contributed by atoms with Crippen molar-refractivity contribution in [1.82, 2.24) is 5.32 Å². The minimum Gasteiger partial charge on any atom is -0.481 e. The smallest absolute Gasteiger partial charge is 0.261 e. The van der Waals surface area contributed by atoms with Gasteiger partial charge in [0.15, 0.2) is 6.10 Å². The van der Waals surface area contributed by atoms with Gasteiger partial charge in [-0.15, -0.1) is 0 Å². The summed E-state index contributed by atoms with van der Waals surface area (Å²) in [6.45, 7) is 12.9. The maximum Gasteiger partial charge on any atom is 0.261 e. The third-order valence-electron chi connectivity index (χ3n) is 4.98. The molecule has 1 N–H and O–H groups in total. The fraction of sp³-hybridized carbons (Fsp3) is 0.458. The SMILES string of the molecule is CCc1ccc(CC)c(CNC(=O)[C@@H](C)Oc2cc(C)ccc2C(C)C)c1. The molecule has 1 atom stereocenters. The third-order valence-corrected chi connectivity index (χ3v) is 4.98. The molecule has 0 saturated carbocycles. The molecule has 3 nitrogen and oxygen atoms in total. The van der Waals surface area contributed by atoms with Crippen molar-refractivity contribution in [2.45, 2.75) is 73.0 Å². The molecule has 0 unspecified atom stereocenters. The lowest BCUT2D eigenvalue weighted by atomic mass is 10.0. The molecule has 0 spiro atoms. The number of hydrogen-bond acceptors (Lipinski definition) is 2. The normalized spacial score (nSPS) is 12.1. The first-order valence-corrected chi connectivity index (χ1v) is 10.0. The van der Waals surface area contributed by atoms with E-state index >= 15 is 0 Å². The van der Waals surface area contributed by atoms with Crippen LogP contribution in [0.4, 0.5) is 0 Å². The van der Waals surface area contributed by atoms with Crippen molar-refractivity contribution in [1.29, 1.82) is 0 Å². The molecule has 0 fully saturated rings. The van der Waals surface area contributed by atoms with Gasteiger partial charge < -0.3 is 10.1 Å². The zero-order valence-electron chi connectivity index (χ0n) is 17.6. The Labute approximate surface area is 164 Å². The molecule has 27 heavy (non-hydrogen) atoms. The number of carbonyl (C=O) groups is 1. The summed E-state index contributed by atoms with van der Waals surface area (Å²) in [4.78, 5) is 12.6. The minimum absolute atomic E-state index is 0.0878. The van der Waals surface area contributed by atoms with E-state index < -0.39 is 6.10 Å². The second-order valence-electron chi connectivity index (χ2n) is 7.48. The summed E-state index contributed by atoms with van der Waals surface area (Å²) in [5, 5.41) is 3.04. The van der Waals surface area contributed by atoms with Crippen LogP contribution < -0.4 is 10.1 Å². The topological polar surface area (TPSA) is 38.3 Å². The highest BCUT2D eigenvalue weighted by Gasteiger charge is 2.18. The van der Waals surface area contributed by atoms with Crippen molar-refractivity contribution in [2.24, 2.45) is 0 Å². The molecule has 0 aliphatic rings. The van der Waals surface area contributed by atoms with Gasteiger partial charge in [-0.1, -0.05) is 58.0 Å². The molecule has 0 bridgehead atoms. The van der Waals surface area contributed by atoms with Gasteiger partial charge in [0.05, 0.1) is 0 Å². The number of nitrogens with one attached hydrogen (secondary N) is 1. The van der Waals surface area contributed by atoms with E-state index in [-0.39, 0.29) is 5.91 Å². The molecule has 0 heterocycles. The van der Waals surface area contributed by atoms with E-state index in [0.29, 0.717) is 12.5 Å². The van der Waals surface area contributed by atoms with Crippen LogP contribution >= 0.6 is 0 Å². The molecule has 0 aliphatic heterocycles. The fourth-order valence-electron chi connectivity index (χ4n) is 3.20. The summed E-state index contributed by atoms with van der Waals surface area (Å²) in [5.41, 5.74) is 6.02. The first-order chi connectivity index (χ1) is 12.8. The van der Waals surface area contributed by atoms with Gasteiger partial charge in [0, 0.05) is 6.54 Å².